The van der Waals surface area contributed by atoms with E-state index in [9.17, 15) is 9.59 Å². The average molecular weight is 242 g/mol. The summed E-state index contributed by atoms with van der Waals surface area (Å²) in [6.07, 6.45) is 4.83. The first-order chi connectivity index (χ1) is 8.56. The van der Waals surface area contributed by atoms with Crippen molar-refractivity contribution < 1.29 is 19.1 Å². The largest absolute Gasteiger partial charge is 0.426 e. The lowest BCUT2D eigenvalue weighted by Gasteiger charge is -2.00. The molecule has 0 aliphatic carbocycles. The molecule has 4 heteroatoms. The van der Waals surface area contributed by atoms with Gasteiger partial charge in [0.1, 0.15) is 11.5 Å². The van der Waals surface area contributed by atoms with Gasteiger partial charge in [-0.25, -0.2) is 4.79 Å². The Hall–Kier alpha value is -2.54. The fourth-order valence-corrected chi connectivity index (χ4v) is 1.74. The Kier molecular flexibility index (Phi) is 2.90. The number of terminal acetylenes is 1. The van der Waals surface area contributed by atoms with Crippen LogP contribution in [0, 0.1) is 12.3 Å². The SMILES string of the molecule is C#CC.C=C1C(=O)Oc2cc3c(cc21)OC(=O)C3. The van der Waals surface area contributed by atoms with E-state index in [1.54, 1.807) is 19.1 Å². The molecule has 0 atom stereocenters. The minimum atomic E-state index is -0.444. The van der Waals surface area contributed by atoms with Crippen LogP contribution >= 0.6 is 0 Å². The van der Waals surface area contributed by atoms with E-state index in [4.69, 9.17) is 9.47 Å². The number of rotatable bonds is 0. The number of fused-ring (bicyclic) bond motifs is 2. The number of benzene rings is 1. The molecule has 90 valence electrons. The van der Waals surface area contributed by atoms with E-state index in [0.717, 1.165) is 5.56 Å². The third-order valence-electron chi connectivity index (χ3n) is 2.50. The summed E-state index contributed by atoms with van der Waals surface area (Å²) in [5.74, 6) is 2.48. The molecular formula is C14H10O4. The number of esters is 2. The van der Waals surface area contributed by atoms with Gasteiger partial charge in [0.2, 0.25) is 0 Å². The normalized spacial score (nSPS) is 14.8. The summed E-state index contributed by atoms with van der Waals surface area (Å²) >= 11 is 0. The fourth-order valence-electron chi connectivity index (χ4n) is 1.74. The minimum absolute atomic E-state index is 0.229. The molecule has 0 saturated heterocycles. The molecule has 18 heavy (non-hydrogen) atoms. The lowest BCUT2D eigenvalue weighted by Crippen LogP contribution is -2.01. The Morgan fingerprint density at radius 3 is 2.61 bits per heavy atom. The van der Waals surface area contributed by atoms with Crippen molar-refractivity contribution in [3.05, 3.63) is 29.8 Å². The van der Waals surface area contributed by atoms with E-state index in [1.165, 1.54) is 0 Å². The van der Waals surface area contributed by atoms with E-state index in [-0.39, 0.29) is 12.4 Å². The van der Waals surface area contributed by atoms with Crippen LogP contribution in [-0.4, -0.2) is 11.9 Å². The number of carbonyl (C=O) groups is 2. The maximum Gasteiger partial charge on any atom is 0.343 e. The summed E-state index contributed by atoms with van der Waals surface area (Å²) in [5, 5.41) is 0. The predicted molar refractivity (Wildman–Crippen MR) is 65.0 cm³/mol. The molecule has 2 aliphatic rings. The van der Waals surface area contributed by atoms with Crippen LogP contribution in [0.5, 0.6) is 11.5 Å². The molecule has 4 nitrogen and oxygen atoms in total. The van der Waals surface area contributed by atoms with Crippen molar-refractivity contribution in [2.75, 3.05) is 0 Å². The number of carbonyl (C=O) groups excluding carboxylic acids is 2. The zero-order chi connectivity index (χ0) is 13.3. The Bertz CT molecular complexity index is 605. The van der Waals surface area contributed by atoms with E-state index < -0.39 is 5.97 Å². The zero-order valence-corrected chi connectivity index (χ0v) is 9.78. The molecule has 2 aliphatic heterocycles. The van der Waals surface area contributed by atoms with Crippen molar-refractivity contribution in [2.24, 2.45) is 0 Å². The van der Waals surface area contributed by atoms with Crippen LogP contribution in [0.4, 0.5) is 0 Å². The van der Waals surface area contributed by atoms with Crippen molar-refractivity contribution in [3.8, 4) is 23.8 Å². The van der Waals surface area contributed by atoms with Crippen LogP contribution in [0.15, 0.2) is 18.7 Å². The topological polar surface area (TPSA) is 52.6 Å². The van der Waals surface area contributed by atoms with Gasteiger partial charge in [0.05, 0.1) is 12.0 Å². The van der Waals surface area contributed by atoms with Crippen LogP contribution in [0.1, 0.15) is 18.1 Å². The molecule has 0 saturated carbocycles. The van der Waals surface area contributed by atoms with Crippen LogP contribution in [0.25, 0.3) is 5.57 Å². The van der Waals surface area contributed by atoms with Crippen molar-refractivity contribution in [2.45, 2.75) is 13.3 Å². The maximum absolute atomic E-state index is 11.2. The molecule has 0 unspecified atom stereocenters. The van der Waals surface area contributed by atoms with E-state index in [2.05, 4.69) is 18.9 Å². The quantitative estimate of drug-likeness (QED) is 0.301. The minimum Gasteiger partial charge on any atom is -0.426 e. The lowest BCUT2D eigenvalue weighted by molar-refractivity contribution is -0.132. The number of hydrogen-bond acceptors (Lipinski definition) is 4. The predicted octanol–water partition coefficient (Wildman–Crippen LogP) is 1.72. The molecule has 0 bridgehead atoms. The van der Waals surface area contributed by atoms with Gasteiger partial charge in [0, 0.05) is 11.1 Å². The summed E-state index contributed by atoms with van der Waals surface area (Å²) in [7, 11) is 0. The first-order valence-corrected chi connectivity index (χ1v) is 5.23. The Morgan fingerprint density at radius 2 is 1.94 bits per heavy atom. The standard InChI is InChI=1S/C11H6O4.C3H4/c1-5-7-4-8-6(3-10(12)14-8)2-9(7)15-11(5)13;1-3-2/h2,4H,1,3H2;1H,2H3. The maximum atomic E-state index is 11.2. The molecule has 0 N–H and O–H groups in total. The van der Waals surface area contributed by atoms with Gasteiger partial charge in [0.15, 0.2) is 0 Å². The highest BCUT2D eigenvalue weighted by molar-refractivity contribution is 6.20. The Balaban J connectivity index is 0.000000367. The molecule has 0 spiro atoms. The monoisotopic (exact) mass is 242 g/mol. The molecular weight excluding hydrogens is 232 g/mol. The summed E-state index contributed by atoms with van der Waals surface area (Å²) in [4.78, 5) is 22.2. The van der Waals surface area contributed by atoms with Gasteiger partial charge in [-0.1, -0.05) is 6.58 Å². The Labute approximate surface area is 104 Å². The highest BCUT2D eigenvalue weighted by Gasteiger charge is 2.30. The molecule has 2 heterocycles. The van der Waals surface area contributed by atoms with Crippen molar-refractivity contribution in [1.29, 1.82) is 0 Å². The Morgan fingerprint density at radius 1 is 1.28 bits per heavy atom. The number of ether oxygens (including phenoxy) is 2. The van der Waals surface area contributed by atoms with E-state index in [1.807, 2.05) is 0 Å². The van der Waals surface area contributed by atoms with Crippen molar-refractivity contribution in [3.63, 3.8) is 0 Å². The fraction of sp³-hybridized carbons (Fsp3) is 0.143. The van der Waals surface area contributed by atoms with Crippen molar-refractivity contribution in [1.82, 2.24) is 0 Å². The molecule has 1 aromatic carbocycles. The van der Waals surface area contributed by atoms with Gasteiger partial charge in [0.25, 0.3) is 0 Å². The van der Waals surface area contributed by atoms with Crippen LogP contribution in [0.3, 0.4) is 0 Å². The third kappa shape index (κ3) is 1.87. The lowest BCUT2D eigenvalue weighted by atomic mass is 10.0. The van der Waals surface area contributed by atoms with Gasteiger partial charge in [-0.15, -0.1) is 12.3 Å². The van der Waals surface area contributed by atoms with Gasteiger partial charge >= 0.3 is 11.9 Å². The first kappa shape index (κ1) is 11.9. The smallest absolute Gasteiger partial charge is 0.343 e. The highest BCUT2D eigenvalue weighted by atomic mass is 16.5. The molecule has 1 aromatic rings. The summed E-state index contributed by atoms with van der Waals surface area (Å²) in [6.45, 7) is 5.26. The summed E-state index contributed by atoms with van der Waals surface area (Å²) in [6, 6.07) is 3.29. The molecule has 0 fully saturated rings. The molecule has 0 aromatic heterocycles. The van der Waals surface area contributed by atoms with Gasteiger partial charge in [-0.05, 0) is 19.1 Å². The second-order valence-corrected chi connectivity index (χ2v) is 3.76. The highest BCUT2D eigenvalue weighted by Crippen LogP contribution is 2.40. The van der Waals surface area contributed by atoms with E-state index >= 15 is 0 Å². The molecule has 3 rings (SSSR count). The summed E-state index contributed by atoms with van der Waals surface area (Å²) < 4.78 is 9.94. The van der Waals surface area contributed by atoms with Gasteiger partial charge in [-0.3, -0.25) is 4.79 Å². The zero-order valence-electron chi connectivity index (χ0n) is 9.78. The van der Waals surface area contributed by atoms with Crippen molar-refractivity contribution >= 4 is 17.5 Å². The van der Waals surface area contributed by atoms with Crippen LogP contribution < -0.4 is 9.47 Å². The van der Waals surface area contributed by atoms with Gasteiger partial charge < -0.3 is 9.47 Å². The van der Waals surface area contributed by atoms with Crippen LogP contribution in [0.2, 0.25) is 0 Å². The number of hydrogen-bond donors (Lipinski definition) is 0. The summed E-state index contributed by atoms with van der Waals surface area (Å²) in [5.41, 5.74) is 1.66. The molecule has 0 amide bonds. The third-order valence-corrected chi connectivity index (χ3v) is 2.50. The second-order valence-electron chi connectivity index (χ2n) is 3.76. The van der Waals surface area contributed by atoms with Gasteiger partial charge in [-0.2, -0.15) is 0 Å². The van der Waals surface area contributed by atoms with E-state index in [0.29, 0.717) is 22.6 Å². The second kappa shape index (κ2) is 4.38. The molecule has 0 radical (unpaired) electrons. The average Bonchev–Trinajstić information content (AvgIpc) is 2.78. The van der Waals surface area contributed by atoms with Crippen LogP contribution in [-0.2, 0) is 16.0 Å². The first-order valence-electron chi connectivity index (χ1n) is 5.23.